The molecule has 1 saturated heterocycles. The van der Waals surface area contributed by atoms with E-state index in [9.17, 15) is 4.79 Å². The van der Waals surface area contributed by atoms with Crippen molar-refractivity contribution in [3.63, 3.8) is 0 Å². The predicted molar refractivity (Wildman–Crippen MR) is 92.7 cm³/mol. The number of hydrogen-bond acceptors (Lipinski definition) is 3. The number of rotatable bonds is 3. The molecule has 1 fully saturated rings. The normalized spacial score (nSPS) is 15.8. The number of benzene rings is 1. The number of likely N-dealkylation sites (tertiary alicyclic amines) is 1. The number of carbonyl (C=O) groups is 1. The van der Waals surface area contributed by atoms with Crippen LogP contribution in [0.5, 0.6) is 0 Å². The summed E-state index contributed by atoms with van der Waals surface area (Å²) in [5.41, 5.74) is 2.72. The van der Waals surface area contributed by atoms with Crippen molar-refractivity contribution in [2.75, 3.05) is 13.1 Å². The summed E-state index contributed by atoms with van der Waals surface area (Å²) in [7, 11) is 0. The van der Waals surface area contributed by atoms with E-state index in [4.69, 9.17) is 0 Å². The molecular formula is C19H20N4O. The summed E-state index contributed by atoms with van der Waals surface area (Å²) < 4.78 is 0. The van der Waals surface area contributed by atoms with Crippen LogP contribution in [0.1, 0.15) is 28.9 Å². The summed E-state index contributed by atoms with van der Waals surface area (Å²) in [4.78, 5) is 18.8. The zero-order valence-electron chi connectivity index (χ0n) is 13.5. The molecule has 0 spiro atoms. The lowest BCUT2D eigenvalue weighted by molar-refractivity contribution is 0.0686. The van der Waals surface area contributed by atoms with Gasteiger partial charge in [-0.15, -0.1) is 0 Å². The van der Waals surface area contributed by atoms with E-state index in [-0.39, 0.29) is 5.91 Å². The second kappa shape index (κ2) is 6.43. The molecule has 0 radical (unpaired) electrons. The quantitative estimate of drug-likeness (QED) is 0.807. The second-order valence-electron chi connectivity index (χ2n) is 6.42. The fourth-order valence-corrected chi connectivity index (χ4v) is 3.46. The van der Waals surface area contributed by atoms with Crippen molar-refractivity contribution in [3.8, 4) is 0 Å². The van der Waals surface area contributed by atoms with Crippen LogP contribution < -0.4 is 0 Å². The summed E-state index contributed by atoms with van der Waals surface area (Å²) >= 11 is 0. The third kappa shape index (κ3) is 2.89. The average Bonchev–Trinajstić information content (AvgIpc) is 3.07. The monoisotopic (exact) mass is 320 g/mol. The number of fused-ring (bicyclic) bond motifs is 1. The van der Waals surface area contributed by atoms with E-state index in [1.54, 1.807) is 12.4 Å². The summed E-state index contributed by atoms with van der Waals surface area (Å²) in [5, 5.41) is 7.91. The van der Waals surface area contributed by atoms with Crippen LogP contribution in [0.4, 0.5) is 0 Å². The van der Waals surface area contributed by atoms with Crippen molar-refractivity contribution in [3.05, 3.63) is 60.0 Å². The molecule has 4 rings (SSSR count). The summed E-state index contributed by atoms with van der Waals surface area (Å²) in [6, 6.07) is 12.4. The lowest BCUT2D eigenvalue weighted by Gasteiger charge is -2.31. The Hall–Kier alpha value is -2.69. The Morgan fingerprint density at radius 3 is 2.75 bits per heavy atom. The van der Waals surface area contributed by atoms with Crippen LogP contribution in [0.2, 0.25) is 0 Å². The third-order valence-electron chi connectivity index (χ3n) is 4.84. The van der Waals surface area contributed by atoms with Crippen molar-refractivity contribution < 1.29 is 4.79 Å². The fraction of sp³-hybridized carbons (Fsp3) is 0.316. The minimum Gasteiger partial charge on any atom is -0.337 e. The van der Waals surface area contributed by atoms with Crippen molar-refractivity contribution in [2.24, 2.45) is 5.92 Å². The van der Waals surface area contributed by atoms with E-state index in [0.717, 1.165) is 43.3 Å². The minimum atomic E-state index is 0.00686. The molecule has 3 aromatic rings. The first kappa shape index (κ1) is 14.9. The first-order valence-corrected chi connectivity index (χ1v) is 8.42. The standard InChI is InChI=1S/C19H20N4O/c24-19(18-16-13-20-9-6-17(16)21-22-18)23-10-7-15(8-11-23)12-14-4-2-1-3-5-14/h1-6,9,13,15H,7-8,10-12H2,(H,21,22). The van der Waals surface area contributed by atoms with Gasteiger partial charge in [0.05, 0.1) is 10.9 Å². The van der Waals surface area contributed by atoms with Crippen molar-refractivity contribution in [1.82, 2.24) is 20.1 Å². The minimum absolute atomic E-state index is 0.00686. The highest BCUT2D eigenvalue weighted by molar-refractivity contribution is 6.04. The maximum absolute atomic E-state index is 12.8. The largest absolute Gasteiger partial charge is 0.337 e. The van der Waals surface area contributed by atoms with Crippen LogP contribution in [0.3, 0.4) is 0 Å². The molecule has 24 heavy (non-hydrogen) atoms. The molecule has 3 heterocycles. The van der Waals surface area contributed by atoms with E-state index < -0.39 is 0 Å². The predicted octanol–water partition coefficient (Wildman–Crippen LogP) is 3.05. The molecule has 5 nitrogen and oxygen atoms in total. The van der Waals surface area contributed by atoms with Crippen LogP contribution in [0.25, 0.3) is 10.9 Å². The van der Waals surface area contributed by atoms with Gasteiger partial charge in [0.1, 0.15) is 0 Å². The van der Waals surface area contributed by atoms with E-state index >= 15 is 0 Å². The molecule has 1 aliphatic heterocycles. The number of nitrogens with one attached hydrogen (secondary N) is 1. The van der Waals surface area contributed by atoms with Crippen LogP contribution in [-0.4, -0.2) is 39.1 Å². The Balaban J connectivity index is 1.41. The van der Waals surface area contributed by atoms with Gasteiger partial charge in [-0.3, -0.25) is 14.9 Å². The summed E-state index contributed by atoms with van der Waals surface area (Å²) in [5.74, 6) is 0.654. The zero-order valence-corrected chi connectivity index (χ0v) is 13.5. The van der Waals surface area contributed by atoms with E-state index in [0.29, 0.717) is 11.6 Å². The Kier molecular flexibility index (Phi) is 3.99. The molecular weight excluding hydrogens is 300 g/mol. The Morgan fingerprint density at radius 1 is 1.17 bits per heavy atom. The lowest BCUT2D eigenvalue weighted by atomic mass is 9.90. The summed E-state index contributed by atoms with van der Waals surface area (Å²) in [6.07, 6.45) is 6.58. The number of H-pyrrole nitrogens is 1. The van der Waals surface area contributed by atoms with Crippen molar-refractivity contribution >= 4 is 16.8 Å². The molecule has 0 atom stereocenters. The van der Waals surface area contributed by atoms with Gasteiger partial charge in [-0.05, 0) is 36.8 Å². The van der Waals surface area contributed by atoms with Gasteiger partial charge in [0.15, 0.2) is 5.69 Å². The molecule has 122 valence electrons. The number of hydrogen-bond donors (Lipinski definition) is 1. The number of pyridine rings is 1. The average molecular weight is 320 g/mol. The summed E-state index contributed by atoms with van der Waals surface area (Å²) in [6.45, 7) is 1.59. The molecule has 1 aromatic carbocycles. The second-order valence-corrected chi connectivity index (χ2v) is 6.42. The number of carbonyl (C=O) groups excluding carboxylic acids is 1. The maximum atomic E-state index is 12.8. The fourth-order valence-electron chi connectivity index (χ4n) is 3.46. The molecule has 0 saturated carbocycles. The van der Waals surface area contributed by atoms with Gasteiger partial charge in [-0.1, -0.05) is 30.3 Å². The van der Waals surface area contributed by atoms with Gasteiger partial charge in [0.2, 0.25) is 0 Å². The highest BCUT2D eigenvalue weighted by Gasteiger charge is 2.26. The van der Waals surface area contributed by atoms with Gasteiger partial charge in [0, 0.05) is 25.5 Å². The highest BCUT2D eigenvalue weighted by atomic mass is 16.2. The number of aromatic amines is 1. The molecule has 1 amide bonds. The van der Waals surface area contributed by atoms with Crippen LogP contribution in [-0.2, 0) is 6.42 Å². The number of piperidine rings is 1. The van der Waals surface area contributed by atoms with E-state index in [1.165, 1.54) is 5.56 Å². The topological polar surface area (TPSA) is 61.9 Å². The smallest absolute Gasteiger partial charge is 0.275 e. The van der Waals surface area contributed by atoms with Gasteiger partial charge in [-0.25, -0.2) is 0 Å². The van der Waals surface area contributed by atoms with E-state index in [1.807, 2.05) is 17.0 Å². The van der Waals surface area contributed by atoms with Gasteiger partial charge >= 0.3 is 0 Å². The molecule has 0 aliphatic carbocycles. The third-order valence-corrected chi connectivity index (χ3v) is 4.84. The number of amides is 1. The number of aromatic nitrogens is 3. The Morgan fingerprint density at radius 2 is 1.96 bits per heavy atom. The SMILES string of the molecule is O=C(c1n[nH]c2ccncc12)N1CCC(Cc2ccccc2)CC1. The van der Waals surface area contributed by atoms with E-state index in [2.05, 4.69) is 39.4 Å². The van der Waals surface area contributed by atoms with Gasteiger partial charge in [0.25, 0.3) is 5.91 Å². The highest BCUT2D eigenvalue weighted by Crippen LogP contribution is 2.24. The van der Waals surface area contributed by atoms with Crippen LogP contribution >= 0.6 is 0 Å². The van der Waals surface area contributed by atoms with Gasteiger partial charge in [-0.2, -0.15) is 5.10 Å². The number of nitrogens with zero attached hydrogens (tertiary/aromatic N) is 3. The van der Waals surface area contributed by atoms with Crippen molar-refractivity contribution in [1.29, 1.82) is 0 Å². The molecule has 1 aliphatic rings. The molecule has 0 bridgehead atoms. The first-order valence-electron chi connectivity index (χ1n) is 8.42. The Bertz CT molecular complexity index is 835. The first-order chi connectivity index (χ1) is 11.8. The Labute approximate surface area is 140 Å². The molecule has 0 unspecified atom stereocenters. The van der Waals surface area contributed by atoms with Crippen molar-refractivity contribution in [2.45, 2.75) is 19.3 Å². The molecule has 2 aromatic heterocycles. The molecule has 5 heteroatoms. The zero-order chi connectivity index (χ0) is 16.4. The maximum Gasteiger partial charge on any atom is 0.275 e. The van der Waals surface area contributed by atoms with Crippen LogP contribution in [0, 0.1) is 5.92 Å². The van der Waals surface area contributed by atoms with Crippen LogP contribution in [0.15, 0.2) is 48.8 Å². The lowest BCUT2D eigenvalue weighted by Crippen LogP contribution is -2.39. The van der Waals surface area contributed by atoms with Gasteiger partial charge < -0.3 is 4.90 Å². The molecule has 1 N–H and O–H groups in total.